The van der Waals surface area contributed by atoms with Crippen molar-refractivity contribution in [2.24, 2.45) is 11.8 Å². The molecular formula is C82H160O17P2. The fourth-order valence-electron chi connectivity index (χ4n) is 12.7. The summed E-state index contributed by atoms with van der Waals surface area (Å²) in [5, 5.41) is 10.6. The SMILES string of the molecule is CCCCCCCCCCCCCCCC(=O)O[C@H](COC(=O)CCCCCCCCCCCCC)COP(=O)(O)OC[C@H](O)COP(=O)(O)OC[C@@H](COC(=O)CCCCCCCCCCCCCCCCCC(C)C)OC(=O)CCCCCCCCCCCCCCCCCCC(C)C. The van der Waals surface area contributed by atoms with Crippen LogP contribution in [0, 0.1) is 11.8 Å². The number of phosphoric ester groups is 2. The van der Waals surface area contributed by atoms with Crippen molar-refractivity contribution >= 4 is 39.5 Å². The van der Waals surface area contributed by atoms with Crippen LogP contribution >= 0.6 is 15.6 Å². The van der Waals surface area contributed by atoms with Crippen LogP contribution in [0.15, 0.2) is 0 Å². The standard InChI is InChI=1S/C82H160O17P2/c1-7-9-11-13-15-17-19-27-36-42-48-54-60-66-81(86)98-77(70-92-79(84)64-58-52-46-40-32-18-16-14-12-10-8-2)72-96-100(88,89)94-68-76(83)69-95-101(90,91)97-73-78(71-93-80(85)65-59-53-47-41-35-30-26-22-24-29-34-39-45-51-57-63-75(5)6)99-82(87)67-61-55-49-43-37-31-25-21-20-23-28-33-38-44-50-56-62-74(3)4/h74-78,83H,7-73H2,1-6H3,(H,88,89)(H,90,91)/t76-,77+,78+/m0/s1. The summed E-state index contributed by atoms with van der Waals surface area (Å²) in [5.41, 5.74) is 0. The smallest absolute Gasteiger partial charge is 0.462 e. The zero-order chi connectivity index (χ0) is 74.2. The van der Waals surface area contributed by atoms with Gasteiger partial charge in [0.25, 0.3) is 0 Å². The quantitative estimate of drug-likeness (QED) is 0.0222. The number of aliphatic hydroxyl groups excluding tert-OH is 1. The third kappa shape index (κ3) is 76.1. The van der Waals surface area contributed by atoms with Gasteiger partial charge in [0, 0.05) is 25.7 Å². The Labute approximate surface area is 619 Å². The molecule has 0 bridgehead atoms. The summed E-state index contributed by atoms with van der Waals surface area (Å²) in [6.07, 6.45) is 63.7. The number of aliphatic hydroxyl groups is 1. The summed E-state index contributed by atoms with van der Waals surface area (Å²) in [4.78, 5) is 73.1. The molecule has 3 N–H and O–H groups in total. The minimum Gasteiger partial charge on any atom is -0.462 e. The lowest BCUT2D eigenvalue weighted by Gasteiger charge is -2.21. The first-order chi connectivity index (χ1) is 48.9. The molecule has 0 aliphatic carbocycles. The van der Waals surface area contributed by atoms with E-state index in [4.69, 9.17) is 37.0 Å². The molecule has 600 valence electrons. The average molecular weight is 1480 g/mol. The van der Waals surface area contributed by atoms with E-state index < -0.39 is 97.5 Å². The Morgan fingerprint density at radius 3 is 0.673 bits per heavy atom. The monoisotopic (exact) mass is 1480 g/mol. The summed E-state index contributed by atoms with van der Waals surface area (Å²) in [6.45, 7) is 9.70. The molecule has 2 unspecified atom stereocenters. The van der Waals surface area contributed by atoms with Crippen LogP contribution in [0.5, 0.6) is 0 Å². The third-order valence-corrected chi connectivity index (χ3v) is 21.1. The lowest BCUT2D eigenvalue weighted by molar-refractivity contribution is -0.161. The van der Waals surface area contributed by atoms with Crippen molar-refractivity contribution in [1.82, 2.24) is 0 Å². The van der Waals surface area contributed by atoms with Crippen LogP contribution in [0.25, 0.3) is 0 Å². The van der Waals surface area contributed by atoms with Crippen molar-refractivity contribution in [2.75, 3.05) is 39.6 Å². The maximum atomic E-state index is 13.1. The molecule has 0 amide bonds. The van der Waals surface area contributed by atoms with Gasteiger partial charge in [0.1, 0.15) is 19.3 Å². The van der Waals surface area contributed by atoms with E-state index in [0.717, 1.165) is 102 Å². The lowest BCUT2D eigenvalue weighted by atomic mass is 10.0. The maximum Gasteiger partial charge on any atom is 0.472 e. The molecule has 0 radical (unpaired) electrons. The second-order valence-electron chi connectivity index (χ2n) is 30.5. The molecule has 19 heteroatoms. The van der Waals surface area contributed by atoms with E-state index in [2.05, 4.69) is 41.5 Å². The largest absolute Gasteiger partial charge is 0.472 e. The highest BCUT2D eigenvalue weighted by Crippen LogP contribution is 2.45. The second-order valence-corrected chi connectivity index (χ2v) is 33.4. The van der Waals surface area contributed by atoms with Crippen LogP contribution in [0.1, 0.15) is 433 Å². The molecule has 0 spiro atoms. The first-order valence-corrected chi connectivity index (χ1v) is 45.5. The molecule has 0 fully saturated rings. The number of hydrogen-bond donors (Lipinski definition) is 3. The minimum atomic E-state index is -4.96. The van der Waals surface area contributed by atoms with E-state index in [1.165, 1.54) is 250 Å². The summed E-state index contributed by atoms with van der Waals surface area (Å²) >= 11 is 0. The number of hydrogen-bond acceptors (Lipinski definition) is 15. The molecule has 101 heavy (non-hydrogen) atoms. The topological polar surface area (TPSA) is 237 Å². The molecule has 0 saturated heterocycles. The number of carbonyl (C=O) groups is 4. The van der Waals surface area contributed by atoms with Crippen molar-refractivity contribution in [2.45, 2.75) is 452 Å². The van der Waals surface area contributed by atoms with Gasteiger partial charge in [-0.05, 0) is 37.5 Å². The van der Waals surface area contributed by atoms with Gasteiger partial charge in [0.15, 0.2) is 12.2 Å². The molecule has 0 aliphatic rings. The maximum absolute atomic E-state index is 13.1. The van der Waals surface area contributed by atoms with E-state index in [-0.39, 0.29) is 25.7 Å². The highest BCUT2D eigenvalue weighted by molar-refractivity contribution is 7.47. The fourth-order valence-corrected chi connectivity index (χ4v) is 14.3. The minimum absolute atomic E-state index is 0.108. The molecule has 17 nitrogen and oxygen atoms in total. The number of esters is 4. The van der Waals surface area contributed by atoms with Gasteiger partial charge < -0.3 is 33.8 Å². The van der Waals surface area contributed by atoms with E-state index in [0.29, 0.717) is 25.7 Å². The Morgan fingerprint density at radius 1 is 0.267 bits per heavy atom. The predicted molar refractivity (Wildman–Crippen MR) is 414 cm³/mol. The van der Waals surface area contributed by atoms with Gasteiger partial charge in [-0.3, -0.25) is 37.3 Å². The zero-order valence-corrected chi connectivity index (χ0v) is 68.0. The molecule has 0 aromatic heterocycles. The molecule has 0 rings (SSSR count). The number of rotatable bonds is 81. The first kappa shape index (κ1) is 99.1. The Morgan fingerprint density at radius 2 is 0.455 bits per heavy atom. The van der Waals surface area contributed by atoms with E-state index >= 15 is 0 Å². The summed E-state index contributed by atoms with van der Waals surface area (Å²) < 4.78 is 68.8. The summed E-state index contributed by atoms with van der Waals surface area (Å²) in [5.74, 6) is -0.489. The summed E-state index contributed by atoms with van der Waals surface area (Å²) in [7, 11) is -9.92. The van der Waals surface area contributed by atoms with Crippen molar-refractivity contribution in [3.63, 3.8) is 0 Å². The van der Waals surface area contributed by atoms with Gasteiger partial charge in [-0.2, -0.15) is 0 Å². The van der Waals surface area contributed by atoms with Crippen LogP contribution in [-0.4, -0.2) is 96.7 Å². The molecular weight excluding hydrogens is 1320 g/mol. The van der Waals surface area contributed by atoms with Crippen LogP contribution < -0.4 is 0 Å². The number of carbonyl (C=O) groups excluding carboxylic acids is 4. The van der Waals surface area contributed by atoms with Gasteiger partial charge in [-0.25, -0.2) is 9.13 Å². The van der Waals surface area contributed by atoms with Crippen molar-refractivity contribution in [3.05, 3.63) is 0 Å². The van der Waals surface area contributed by atoms with Gasteiger partial charge >= 0.3 is 39.5 Å². The van der Waals surface area contributed by atoms with Crippen molar-refractivity contribution in [1.29, 1.82) is 0 Å². The van der Waals surface area contributed by atoms with E-state index in [9.17, 15) is 43.2 Å². The van der Waals surface area contributed by atoms with Gasteiger partial charge in [-0.15, -0.1) is 0 Å². The van der Waals surface area contributed by atoms with E-state index in [1.807, 2.05) is 0 Å². The van der Waals surface area contributed by atoms with Gasteiger partial charge in [0.2, 0.25) is 0 Å². The highest BCUT2D eigenvalue weighted by Gasteiger charge is 2.30. The van der Waals surface area contributed by atoms with Gasteiger partial charge in [0.05, 0.1) is 26.4 Å². The molecule has 0 aromatic carbocycles. The fraction of sp³-hybridized carbons (Fsp3) is 0.951. The van der Waals surface area contributed by atoms with Gasteiger partial charge in [-0.1, -0.05) is 382 Å². The summed E-state index contributed by atoms with van der Waals surface area (Å²) in [6, 6.07) is 0. The molecule has 0 saturated carbocycles. The zero-order valence-electron chi connectivity index (χ0n) is 66.2. The van der Waals surface area contributed by atoms with Crippen LogP contribution in [0.3, 0.4) is 0 Å². The van der Waals surface area contributed by atoms with E-state index in [1.54, 1.807) is 0 Å². The average Bonchev–Trinajstić information content (AvgIpc) is 0.995. The van der Waals surface area contributed by atoms with Crippen LogP contribution in [0.2, 0.25) is 0 Å². The molecule has 0 aromatic rings. The molecule has 0 heterocycles. The van der Waals surface area contributed by atoms with Crippen LogP contribution in [0.4, 0.5) is 0 Å². The Bertz CT molecular complexity index is 1940. The number of ether oxygens (including phenoxy) is 4. The van der Waals surface area contributed by atoms with Crippen LogP contribution in [-0.2, 0) is 65.4 Å². The molecule has 5 atom stereocenters. The van der Waals surface area contributed by atoms with Crippen molar-refractivity contribution in [3.8, 4) is 0 Å². The first-order valence-electron chi connectivity index (χ1n) is 42.5. The lowest BCUT2D eigenvalue weighted by Crippen LogP contribution is -2.30. The highest BCUT2D eigenvalue weighted by atomic mass is 31.2. The second kappa shape index (κ2) is 73.6. The normalized spacial score (nSPS) is 13.9. The Kier molecular flexibility index (Phi) is 72.2. The Balaban J connectivity index is 5.24. The number of phosphoric acid groups is 2. The number of unbranched alkanes of at least 4 members (excludes halogenated alkanes) is 51. The third-order valence-electron chi connectivity index (χ3n) is 19.2. The predicted octanol–water partition coefficient (Wildman–Crippen LogP) is 24.7. The molecule has 0 aliphatic heterocycles. The van der Waals surface area contributed by atoms with Crippen molar-refractivity contribution < 1.29 is 80.2 Å². The Hall–Kier alpha value is -1.94.